The number of hydrogen-bond donors (Lipinski definition) is 1. The van der Waals surface area contributed by atoms with Crippen molar-refractivity contribution < 1.29 is 8.42 Å². The molecule has 1 aromatic rings. The van der Waals surface area contributed by atoms with Crippen LogP contribution >= 0.6 is 27.5 Å². The molecule has 1 fully saturated rings. The van der Waals surface area contributed by atoms with Crippen LogP contribution in [0.1, 0.15) is 25.7 Å². The van der Waals surface area contributed by atoms with Crippen LogP contribution in [0.25, 0.3) is 0 Å². The number of nitrogens with one attached hydrogen (secondary N) is 1. The van der Waals surface area contributed by atoms with Gasteiger partial charge in [0, 0.05) is 11.0 Å². The maximum Gasteiger partial charge on any atom is 0.242 e. The van der Waals surface area contributed by atoms with Gasteiger partial charge in [0.25, 0.3) is 0 Å². The largest absolute Gasteiger partial charge is 0.303 e. The first-order valence-corrected chi connectivity index (χ1v) is 9.81. The second kappa shape index (κ2) is 7.92. The van der Waals surface area contributed by atoms with Crippen molar-refractivity contribution in [1.82, 2.24) is 9.62 Å². The normalized spacial score (nSPS) is 17.0. The molecule has 1 aliphatic heterocycles. The van der Waals surface area contributed by atoms with E-state index in [2.05, 4.69) is 25.6 Å². The van der Waals surface area contributed by atoms with Crippen molar-refractivity contribution in [2.24, 2.45) is 0 Å². The molecule has 1 heterocycles. The van der Waals surface area contributed by atoms with Crippen LogP contribution in [0.4, 0.5) is 0 Å². The minimum absolute atomic E-state index is 0.130. The van der Waals surface area contributed by atoms with Crippen molar-refractivity contribution in [2.45, 2.75) is 30.6 Å². The summed E-state index contributed by atoms with van der Waals surface area (Å²) in [6.07, 6.45) is 4.62. The maximum absolute atomic E-state index is 12.2. The predicted octanol–water partition coefficient (Wildman–Crippen LogP) is 3.26. The van der Waals surface area contributed by atoms with Gasteiger partial charge in [0.15, 0.2) is 0 Å². The lowest BCUT2D eigenvalue weighted by Crippen LogP contribution is -2.33. The van der Waals surface area contributed by atoms with Gasteiger partial charge >= 0.3 is 0 Å². The highest BCUT2D eigenvalue weighted by Crippen LogP contribution is 2.24. The summed E-state index contributed by atoms with van der Waals surface area (Å²) in [6.45, 7) is 3.64. The summed E-state index contributed by atoms with van der Waals surface area (Å²) in [6, 6.07) is 4.78. The topological polar surface area (TPSA) is 49.4 Å². The van der Waals surface area contributed by atoms with Crippen molar-refractivity contribution in [2.75, 3.05) is 26.2 Å². The third-order valence-electron chi connectivity index (χ3n) is 3.58. The molecule has 0 atom stereocenters. The van der Waals surface area contributed by atoms with E-state index in [0.717, 1.165) is 30.5 Å². The fraction of sp³-hybridized carbons (Fsp3) is 0.571. The lowest BCUT2D eigenvalue weighted by molar-refractivity contribution is 0.227. The first kappa shape index (κ1) is 17.2. The van der Waals surface area contributed by atoms with E-state index in [9.17, 15) is 8.42 Å². The summed E-state index contributed by atoms with van der Waals surface area (Å²) in [7, 11) is -3.53. The van der Waals surface area contributed by atoms with Gasteiger partial charge in [0.05, 0.1) is 5.02 Å². The van der Waals surface area contributed by atoms with Gasteiger partial charge in [0.1, 0.15) is 4.90 Å². The Morgan fingerprint density at radius 1 is 1.24 bits per heavy atom. The molecule has 118 valence electrons. The molecule has 0 spiro atoms. The molecule has 7 heteroatoms. The number of piperidine rings is 1. The number of rotatable bonds is 6. The summed E-state index contributed by atoms with van der Waals surface area (Å²) in [5.41, 5.74) is 0. The van der Waals surface area contributed by atoms with E-state index in [4.69, 9.17) is 11.6 Å². The molecule has 21 heavy (non-hydrogen) atoms. The lowest BCUT2D eigenvalue weighted by Gasteiger charge is -2.26. The van der Waals surface area contributed by atoms with Crippen LogP contribution in [0.2, 0.25) is 5.02 Å². The SMILES string of the molecule is O=S(=O)(NCCCN1CCCCC1)c1ccc(Br)cc1Cl. The molecule has 0 saturated carbocycles. The zero-order valence-corrected chi connectivity index (χ0v) is 15.0. The van der Waals surface area contributed by atoms with Crippen molar-refractivity contribution in [3.63, 3.8) is 0 Å². The summed E-state index contributed by atoms with van der Waals surface area (Å²) in [5, 5.41) is 0.230. The van der Waals surface area contributed by atoms with Gasteiger partial charge in [-0.3, -0.25) is 0 Å². The fourth-order valence-electron chi connectivity index (χ4n) is 2.46. The highest BCUT2D eigenvalue weighted by atomic mass is 79.9. The van der Waals surface area contributed by atoms with E-state index in [1.165, 1.54) is 25.3 Å². The van der Waals surface area contributed by atoms with Crippen LogP contribution in [0.5, 0.6) is 0 Å². The van der Waals surface area contributed by atoms with E-state index >= 15 is 0 Å². The van der Waals surface area contributed by atoms with Gasteiger partial charge in [-0.1, -0.05) is 34.0 Å². The van der Waals surface area contributed by atoms with E-state index < -0.39 is 10.0 Å². The van der Waals surface area contributed by atoms with E-state index in [1.807, 2.05) is 0 Å². The Morgan fingerprint density at radius 2 is 1.95 bits per heavy atom. The average molecular weight is 396 g/mol. The van der Waals surface area contributed by atoms with Gasteiger partial charge < -0.3 is 4.90 Å². The third-order valence-corrected chi connectivity index (χ3v) is 6.01. The van der Waals surface area contributed by atoms with Crippen LogP contribution < -0.4 is 4.72 Å². The van der Waals surface area contributed by atoms with Gasteiger partial charge in [-0.05, 0) is 57.1 Å². The van der Waals surface area contributed by atoms with Crippen LogP contribution in [-0.4, -0.2) is 39.5 Å². The smallest absolute Gasteiger partial charge is 0.242 e. The van der Waals surface area contributed by atoms with Crippen molar-refractivity contribution in [1.29, 1.82) is 0 Å². The van der Waals surface area contributed by atoms with Crippen LogP contribution in [-0.2, 0) is 10.0 Å². The van der Waals surface area contributed by atoms with Crippen LogP contribution in [0.3, 0.4) is 0 Å². The number of sulfonamides is 1. The Morgan fingerprint density at radius 3 is 2.62 bits per heavy atom. The van der Waals surface area contributed by atoms with Crippen molar-refractivity contribution in [3.8, 4) is 0 Å². The highest BCUT2D eigenvalue weighted by Gasteiger charge is 2.17. The summed E-state index contributed by atoms with van der Waals surface area (Å²) in [4.78, 5) is 2.52. The summed E-state index contributed by atoms with van der Waals surface area (Å²) < 4.78 is 27.8. The number of hydrogen-bond acceptors (Lipinski definition) is 3. The molecule has 1 aromatic carbocycles. The zero-order chi connectivity index (χ0) is 15.3. The Kier molecular flexibility index (Phi) is 6.50. The second-order valence-electron chi connectivity index (χ2n) is 5.23. The molecule has 0 unspecified atom stereocenters. The molecule has 1 aliphatic rings. The molecular weight excluding hydrogens is 376 g/mol. The maximum atomic E-state index is 12.2. The minimum atomic E-state index is -3.53. The standard InChI is InChI=1S/C14H20BrClN2O2S/c15-12-5-6-14(13(16)11-12)21(19,20)17-7-4-10-18-8-2-1-3-9-18/h5-6,11,17H,1-4,7-10H2. The highest BCUT2D eigenvalue weighted by molar-refractivity contribution is 9.10. The van der Waals surface area contributed by atoms with E-state index in [0.29, 0.717) is 6.54 Å². The molecule has 2 rings (SSSR count). The number of benzene rings is 1. The molecule has 1 N–H and O–H groups in total. The number of halogens is 2. The van der Waals surface area contributed by atoms with Crippen molar-refractivity contribution >= 4 is 37.6 Å². The summed E-state index contributed by atoms with van der Waals surface area (Å²) >= 11 is 9.26. The van der Waals surface area contributed by atoms with Crippen LogP contribution in [0.15, 0.2) is 27.6 Å². The van der Waals surface area contributed by atoms with Crippen molar-refractivity contribution in [3.05, 3.63) is 27.7 Å². The molecule has 1 saturated heterocycles. The minimum Gasteiger partial charge on any atom is -0.303 e. The first-order chi connectivity index (χ1) is 9.99. The Balaban J connectivity index is 1.83. The Bertz CT molecular complexity index is 574. The second-order valence-corrected chi connectivity index (χ2v) is 8.29. The van der Waals surface area contributed by atoms with Gasteiger partial charge in [-0.15, -0.1) is 0 Å². The number of likely N-dealkylation sites (tertiary alicyclic amines) is 1. The monoisotopic (exact) mass is 394 g/mol. The van der Waals surface area contributed by atoms with Crippen LogP contribution in [0, 0.1) is 0 Å². The van der Waals surface area contributed by atoms with E-state index in [-0.39, 0.29) is 9.92 Å². The van der Waals surface area contributed by atoms with Gasteiger partial charge in [0.2, 0.25) is 10.0 Å². The molecule has 0 aliphatic carbocycles. The molecular formula is C14H20BrClN2O2S. The molecule has 0 amide bonds. The van der Waals surface area contributed by atoms with E-state index in [1.54, 1.807) is 12.1 Å². The Labute approximate surface area is 140 Å². The third kappa shape index (κ3) is 5.21. The fourth-order valence-corrected chi connectivity index (χ4v) is 4.57. The average Bonchev–Trinajstić information content (AvgIpc) is 2.44. The predicted molar refractivity (Wildman–Crippen MR) is 89.2 cm³/mol. The Hall–Kier alpha value is -0.140. The molecule has 4 nitrogen and oxygen atoms in total. The molecule has 0 bridgehead atoms. The molecule has 0 aromatic heterocycles. The number of nitrogens with zero attached hydrogens (tertiary/aromatic N) is 1. The molecule has 0 radical (unpaired) electrons. The summed E-state index contributed by atoms with van der Waals surface area (Å²) in [5.74, 6) is 0. The quantitative estimate of drug-likeness (QED) is 0.752. The van der Waals surface area contributed by atoms with Gasteiger partial charge in [-0.25, -0.2) is 13.1 Å². The lowest BCUT2D eigenvalue weighted by atomic mass is 10.1. The van der Waals surface area contributed by atoms with Gasteiger partial charge in [-0.2, -0.15) is 0 Å². The first-order valence-electron chi connectivity index (χ1n) is 7.16. The zero-order valence-electron chi connectivity index (χ0n) is 11.8.